The van der Waals surface area contributed by atoms with Gasteiger partial charge in [0.15, 0.2) is 20.1 Å². The van der Waals surface area contributed by atoms with Crippen molar-refractivity contribution in [1.82, 2.24) is 4.98 Å². The van der Waals surface area contributed by atoms with E-state index in [-0.39, 0.29) is 21.2 Å². The fourth-order valence-electron chi connectivity index (χ4n) is 3.15. The number of sulfone groups is 1. The summed E-state index contributed by atoms with van der Waals surface area (Å²) in [6.45, 7) is 1.37. The van der Waals surface area contributed by atoms with Crippen molar-refractivity contribution in [3.63, 3.8) is 0 Å². The predicted octanol–water partition coefficient (Wildman–Crippen LogP) is 3.94. The van der Waals surface area contributed by atoms with E-state index in [9.17, 15) is 22.4 Å². The monoisotopic (exact) mass is 489 g/mol. The summed E-state index contributed by atoms with van der Waals surface area (Å²) in [4.78, 5) is 28.3. The van der Waals surface area contributed by atoms with Gasteiger partial charge < -0.3 is 10.1 Å². The number of aromatic nitrogens is 1. The number of nitrogens with zero attached hydrogens (tertiary/aromatic N) is 1. The standard InChI is InChI=1S/C22H20FN3O5S2/c1-13(27)25-15-3-2-4-16(11-15)31-20(21(28)26-22-24-12-19(23)32-22)14-5-7-17(8-6-14)33(29,30)18-9-10-18/h2-8,11-12,18,20H,9-10H2,1H3,(H,25,27)(H,24,26,28). The maximum atomic E-state index is 13.3. The van der Waals surface area contributed by atoms with E-state index in [0.29, 0.717) is 41.2 Å². The van der Waals surface area contributed by atoms with E-state index in [2.05, 4.69) is 15.6 Å². The molecule has 3 aromatic rings. The Morgan fingerprint density at radius 3 is 2.48 bits per heavy atom. The highest BCUT2D eigenvalue weighted by Crippen LogP contribution is 2.34. The van der Waals surface area contributed by atoms with Gasteiger partial charge in [0.05, 0.1) is 16.3 Å². The Bertz CT molecular complexity index is 1290. The van der Waals surface area contributed by atoms with E-state index in [1.54, 1.807) is 24.3 Å². The number of amides is 2. The number of benzene rings is 2. The molecule has 1 aliphatic rings. The minimum absolute atomic E-state index is 0.0611. The van der Waals surface area contributed by atoms with Crippen molar-refractivity contribution < 1.29 is 27.1 Å². The second-order valence-corrected chi connectivity index (χ2v) is 10.7. The molecule has 33 heavy (non-hydrogen) atoms. The van der Waals surface area contributed by atoms with E-state index in [1.807, 2.05) is 0 Å². The van der Waals surface area contributed by atoms with Crippen LogP contribution in [0.1, 0.15) is 31.4 Å². The molecule has 4 rings (SSSR count). The highest BCUT2D eigenvalue weighted by molar-refractivity contribution is 7.92. The first kappa shape index (κ1) is 22.9. The highest BCUT2D eigenvalue weighted by atomic mass is 32.2. The minimum atomic E-state index is -3.38. The summed E-state index contributed by atoms with van der Waals surface area (Å²) in [5.74, 6) is -0.590. The average Bonchev–Trinajstić information content (AvgIpc) is 3.55. The lowest BCUT2D eigenvalue weighted by atomic mass is 10.1. The number of hydrogen-bond acceptors (Lipinski definition) is 7. The van der Waals surface area contributed by atoms with Gasteiger partial charge in [-0.3, -0.25) is 14.9 Å². The molecule has 172 valence electrons. The van der Waals surface area contributed by atoms with Crippen molar-refractivity contribution in [2.45, 2.75) is 36.0 Å². The Morgan fingerprint density at radius 1 is 1.15 bits per heavy atom. The fourth-order valence-corrected chi connectivity index (χ4v) is 5.35. The Labute approximate surface area is 193 Å². The number of rotatable bonds is 8. The van der Waals surface area contributed by atoms with Crippen LogP contribution in [0.2, 0.25) is 0 Å². The number of anilines is 2. The Balaban J connectivity index is 1.62. The second-order valence-electron chi connectivity index (χ2n) is 7.48. The van der Waals surface area contributed by atoms with Crippen LogP contribution in [-0.4, -0.2) is 30.5 Å². The summed E-state index contributed by atoms with van der Waals surface area (Å²) in [5, 5.41) is 4.31. The normalized spacial score (nSPS) is 14.4. The minimum Gasteiger partial charge on any atom is -0.476 e. The molecule has 1 saturated carbocycles. The molecule has 8 nitrogen and oxygen atoms in total. The van der Waals surface area contributed by atoms with Crippen LogP contribution in [0.4, 0.5) is 15.2 Å². The lowest BCUT2D eigenvalue weighted by Gasteiger charge is -2.19. The smallest absolute Gasteiger partial charge is 0.271 e. The van der Waals surface area contributed by atoms with Gasteiger partial charge >= 0.3 is 0 Å². The largest absolute Gasteiger partial charge is 0.476 e. The first-order chi connectivity index (χ1) is 15.7. The quantitative estimate of drug-likeness (QED) is 0.495. The van der Waals surface area contributed by atoms with Crippen LogP contribution in [0, 0.1) is 5.13 Å². The van der Waals surface area contributed by atoms with Crippen molar-refractivity contribution >= 4 is 43.8 Å². The zero-order valence-electron chi connectivity index (χ0n) is 17.4. The molecule has 1 atom stereocenters. The lowest BCUT2D eigenvalue weighted by Crippen LogP contribution is -2.25. The summed E-state index contributed by atoms with van der Waals surface area (Å²) in [6.07, 6.45) is 1.09. The van der Waals surface area contributed by atoms with E-state index in [4.69, 9.17) is 4.74 Å². The molecule has 1 fully saturated rings. The van der Waals surface area contributed by atoms with Gasteiger partial charge in [0.1, 0.15) is 5.75 Å². The topological polar surface area (TPSA) is 114 Å². The number of nitrogens with one attached hydrogen (secondary N) is 2. The fraction of sp³-hybridized carbons (Fsp3) is 0.227. The molecule has 1 aliphatic carbocycles. The van der Waals surface area contributed by atoms with Crippen LogP contribution in [-0.2, 0) is 19.4 Å². The molecule has 0 radical (unpaired) electrons. The van der Waals surface area contributed by atoms with Gasteiger partial charge in [0.25, 0.3) is 5.91 Å². The van der Waals surface area contributed by atoms with Crippen LogP contribution < -0.4 is 15.4 Å². The molecular formula is C22H20FN3O5S2. The number of halogens is 1. The maximum absolute atomic E-state index is 13.3. The zero-order chi connectivity index (χ0) is 23.6. The van der Waals surface area contributed by atoms with E-state index in [1.165, 1.54) is 31.2 Å². The summed E-state index contributed by atoms with van der Waals surface area (Å²) in [5.41, 5.74) is 0.872. The number of thiazole rings is 1. The molecule has 1 unspecified atom stereocenters. The third kappa shape index (κ3) is 5.55. The molecule has 1 heterocycles. The Morgan fingerprint density at radius 2 is 1.88 bits per heavy atom. The summed E-state index contributed by atoms with van der Waals surface area (Å²) in [7, 11) is -3.38. The van der Waals surface area contributed by atoms with Crippen LogP contribution in [0.3, 0.4) is 0 Å². The number of carbonyl (C=O) groups excluding carboxylic acids is 2. The molecule has 1 aromatic heterocycles. The zero-order valence-corrected chi connectivity index (χ0v) is 19.1. The Kier molecular flexibility index (Phi) is 6.43. The number of hydrogen-bond donors (Lipinski definition) is 2. The van der Waals surface area contributed by atoms with Gasteiger partial charge in [-0.2, -0.15) is 4.39 Å². The molecule has 2 aromatic carbocycles. The second kappa shape index (κ2) is 9.28. The molecular weight excluding hydrogens is 469 g/mol. The Hall–Kier alpha value is -3.31. The highest BCUT2D eigenvalue weighted by Gasteiger charge is 2.37. The first-order valence-corrected chi connectivity index (χ1v) is 12.4. The molecule has 0 spiro atoms. The van der Waals surface area contributed by atoms with Crippen LogP contribution in [0.15, 0.2) is 59.6 Å². The third-order valence-electron chi connectivity index (χ3n) is 4.83. The van der Waals surface area contributed by atoms with Crippen LogP contribution >= 0.6 is 11.3 Å². The maximum Gasteiger partial charge on any atom is 0.271 e. The van der Waals surface area contributed by atoms with E-state index in [0.717, 1.165) is 6.20 Å². The van der Waals surface area contributed by atoms with Gasteiger partial charge in [-0.15, -0.1) is 0 Å². The van der Waals surface area contributed by atoms with Crippen molar-refractivity contribution in [2.75, 3.05) is 10.6 Å². The van der Waals surface area contributed by atoms with Crippen molar-refractivity contribution in [1.29, 1.82) is 0 Å². The predicted molar refractivity (Wildman–Crippen MR) is 121 cm³/mol. The molecule has 0 aliphatic heterocycles. The molecule has 0 bridgehead atoms. The van der Waals surface area contributed by atoms with Gasteiger partial charge in [0.2, 0.25) is 12.0 Å². The summed E-state index contributed by atoms with van der Waals surface area (Å²) >= 11 is 0.668. The van der Waals surface area contributed by atoms with Gasteiger partial charge in [0, 0.05) is 24.2 Å². The molecule has 11 heteroatoms. The number of carbonyl (C=O) groups is 2. The van der Waals surface area contributed by atoms with Crippen LogP contribution in [0.5, 0.6) is 5.75 Å². The van der Waals surface area contributed by atoms with Gasteiger partial charge in [-0.25, -0.2) is 13.4 Å². The summed E-state index contributed by atoms with van der Waals surface area (Å²) < 4.78 is 44.2. The average molecular weight is 490 g/mol. The lowest BCUT2D eigenvalue weighted by molar-refractivity contribution is -0.123. The van der Waals surface area contributed by atoms with Gasteiger partial charge in [-0.05, 0) is 37.1 Å². The van der Waals surface area contributed by atoms with Crippen molar-refractivity contribution in [3.05, 3.63) is 65.4 Å². The summed E-state index contributed by atoms with van der Waals surface area (Å²) in [6, 6.07) is 12.4. The van der Waals surface area contributed by atoms with E-state index < -0.39 is 27.0 Å². The molecule has 2 amide bonds. The third-order valence-corrected chi connectivity index (χ3v) is 7.81. The first-order valence-electron chi connectivity index (χ1n) is 10.0. The van der Waals surface area contributed by atoms with Crippen molar-refractivity contribution in [2.24, 2.45) is 0 Å². The van der Waals surface area contributed by atoms with Crippen molar-refractivity contribution in [3.8, 4) is 5.75 Å². The van der Waals surface area contributed by atoms with Crippen LogP contribution in [0.25, 0.3) is 0 Å². The SMILES string of the molecule is CC(=O)Nc1cccc(OC(C(=O)Nc2ncc(F)s2)c2ccc(S(=O)(=O)C3CC3)cc2)c1. The number of ether oxygens (including phenoxy) is 1. The molecule has 0 saturated heterocycles. The van der Waals surface area contributed by atoms with E-state index >= 15 is 0 Å². The molecule has 2 N–H and O–H groups in total. The van der Waals surface area contributed by atoms with Gasteiger partial charge in [-0.1, -0.05) is 29.5 Å².